The van der Waals surface area contributed by atoms with Gasteiger partial charge in [0.05, 0.1) is 18.7 Å². The number of hydrogen-bond acceptors (Lipinski definition) is 5. The number of carbonyl (C=O) groups excluding carboxylic acids is 2. The number of amides is 1. The number of anilines is 1. The summed E-state index contributed by atoms with van der Waals surface area (Å²) in [5, 5.41) is 12.0. The van der Waals surface area contributed by atoms with E-state index >= 15 is 0 Å². The third-order valence-electron chi connectivity index (χ3n) is 5.78. The first-order valence-electron chi connectivity index (χ1n) is 10.4. The predicted molar refractivity (Wildman–Crippen MR) is 124 cm³/mol. The van der Waals surface area contributed by atoms with Gasteiger partial charge in [0.2, 0.25) is 6.79 Å². The second kappa shape index (κ2) is 8.39. The van der Waals surface area contributed by atoms with Gasteiger partial charge in [-0.05, 0) is 47.5 Å². The topological polar surface area (TPSA) is 76.1 Å². The summed E-state index contributed by atoms with van der Waals surface area (Å²) in [6.07, 6.45) is 2.64. The van der Waals surface area contributed by atoms with Crippen molar-refractivity contribution in [3.63, 3.8) is 0 Å². The van der Waals surface area contributed by atoms with E-state index in [0.29, 0.717) is 27.8 Å². The van der Waals surface area contributed by atoms with Gasteiger partial charge in [-0.25, -0.2) is 0 Å². The molecule has 0 saturated heterocycles. The van der Waals surface area contributed by atoms with Gasteiger partial charge in [0.25, 0.3) is 5.91 Å². The molecule has 0 bridgehead atoms. The number of carbonyl (C=O) groups is 2. The van der Waals surface area contributed by atoms with Crippen LogP contribution < -0.4 is 14.4 Å². The number of para-hydroxylation sites is 1. The van der Waals surface area contributed by atoms with E-state index in [2.05, 4.69) is 0 Å². The molecule has 0 aromatic heterocycles. The second-order valence-electron chi connectivity index (χ2n) is 7.98. The van der Waals surface area contributed by atoms with Crippen LogP contribution in [0.4, 0.5) is 5.69 Å². The van der Waals surface area contributed by atoms with Gasteiger partial charge in [0.15, 0.2) is 22.9 Å². The molecule has 2 heterocycles. The first kappa shape index (κ1) is 21.2. The van der Waals surface area contributed by atoms with Gasteiger partial charge in [0, 0.05) is 10.6 Å². The maximum absolute atomic E-state index is 13.3. The average Bonchev–Trinajstić information content (AvgIpc) is 3.36. The first-order valence-corrected chi connectivity index (χ1v) is 10.8. The average molecular weight is 462 g/mol. The summed E-state index contributed by atoms with van der Waals surface area (Å²) >= 11 is 5.96. The number of hydrogen-bond donors (Lipinski definition) is 1. The third-order valence-corrected chi connectivity index (χ3v) is 6.03. The lowest BCUT2D eigenvalue weighted by Crippen LogP contribution is -2.41. The molecule has 0 spiro atoms. The van der Waals surface area contributed by atoms with Crippen LogP contribution in [0.1, 0.15) is 23.1 Å². The summed E-state index contributed by atoms with van der Waals surface area (Å²) in [7, 11) is 0. The SMILES string of the molecule is O=C(/C=C/c1ccc2c(c1)OCO2)C[C@@]1(O)C(=O)N(Cc2ccc(Cl)cc2)c2ccccc21. The summed E-state index contributed by atoms with van der Waals surface area (Å²) < 4.78 is 10.6. The minimum atomic E-state index is -1.93. The molecule has 0 fully saturated rings. The molecule has 1 N–H and O–H groups in total. The fourth-order valence-corrected chi connectivity index (χ4v) is 4.25. The molecule has 0 radical (unpaired) electrons. The molecule has 2 aliphatic heterocycles. The Morgan fingerprint density at radius 3 is 2.64 bits per heavy atom. The molecule has 33 heavy (non-hydrogen) atoms. The molecular formula is C26H20ClNO5. The van der Waals surface area contributed by atoms with E-state index in [1.165, 1.54) is 11.0 Å². The fourth-order valence-electron chi connectivity index (χ4n) is 4.12. The van der Waals surface area contributed by atoms with Crippen molar-refractivity contribution in [1.82, 2.24) is 0 Å². The number of aliphatic hydroxyl groups is 1. The smallest absolute Gasteiger partial charge is 0.264 e. The zero-order chi connectivity index (χ0) is 23.0. The van der Waals surface area contributed by atoms with Gasteiger partial charge in [-0.15, -0.1) is 0 Å². The van der Waals surface area contributed by atoms with Crippen LogP contribution >= 0.6 is 11.6 Å². The van der Waals surface area contributed by atoms with Crippen molar-refractivity contribution in [1.29, 1.82) is 0 Å². The molecule has 6 nitrogen and oxygen atoms in total. The number of ether oxygens (including phenoxy) is 2. The lowest BCUT2D eigenvalue weighted by atomic mass is 9.89. The van der Waals surface area contributed by atoms with Gasteiger partial charge in [0.1, 0.15) is 0 Å². The molecule has 166 valence electrons. The summed E-state index contributed by atoms with van der Waals surface area (Å²) in [5.74, 6) is 0.373. The molecule has 3 aromatic rings. The highest BCUT2D eigenvalue weighted by atomic mass is 35.5. The van der Waals surface area contributed by atoms with Crippen LogP contribution in [0.2, 0.25) is 5.02 Å². The van der Waals surface area contributed by atoms with Crippen molar-refractivity contribution in [3.05, 3.63) is 94.5 Å². The third kappa shape index (κ3) is 3.99. The van der Waals surface area contributed by atoms with Gasteiger partial charge in [-0.3, -0.25) is 9.59 Å². The zero-order valence-electron chi connectivity index (χ0n) is 17.5. The van der Waals surface area contributed by atoms with Crippen molar-refractivity contribution in [2.75, 3.05) is 11.7 Å². The Morgan fingerprint density at radius 2 is 1.82 bits per heavy atom. The lowest BCUT2D eigenvalue weighted by molar-refractivity contribution is -0.140. The van der Waals surface area contributed by atoms with E-state index < -0.39 is 11.5 Å². The number of benzene rings is 3. The highest BCUT2D eigenvalue weighted by Gasteiger charge is 2.50. The van der Waals surface area contributed by atoms with E-state index in [9.17, 15) is 14.7 Å². The maximum atomic E-state index is 13.3. The van der Waals surface area contributed by atoms with Crippen LogP contribution in [0.25, 0.3) is 6.08 Å². The fraction of sp³-hybridized carbons (Fsp3) is 0.154. The lowest BCUT2D eigenvalue weighted by Gasteiger charge is -2.22. The standard InChI is InChI=1S/C26H20ClNO5/c27-19-9-5-18(6-10-19)15-28-22-4-2-1-3-21(22)26(31,25(28)30)14-20(29)11-7-17-8-12-23-24(13-17)33-16-32-23/h1-13,31H,14-16H2/b11-7+/t26-/m0/s1. The Bertz CT molecular complexity index is 1270. The van der Waals surface area contributed by atoms with E-state index in [1.807, 2.05) is 12.1 Å². The Kier molecular flexibility index (Phi) is 5.40. The van der Waals surface area contributed by atoms with E-state index in [-0.39, 0.29) is 25.5 Å². The van der Waals surface area contributed by atoms with Gasteiger partial charge < -0.3 is 19.5 Å². The summed E-state index contributed by atoms with van der Waals surface area (Å²) in [6.45, 7) is 0.430. The molecular weight excluding hydrogens is 442 g/mol. The second-order valence-corrected chi connectivity index (χ2v) is 8.42. The summed E-state index contributed by atoms with van der Waals surface area (Å²) in [4.78, 5) is 27.6. The van der Waals surface area contributed by atoms with E-state index in [0.717, 1.165) is 11.1 Å². The van der Waals surface area contributed by atoms with Crippen molar-refractivity contribution in [2.24, 2.45) is 0 Å². The van der Waals surface area contributed by atoms with Crippen LogP contribution in [-0.4, -0.2) is 23.6 Å². The van der Waals surface area contributed by atoms with Crippen molar-refractivity contribution >= 4 is 35.1 Å². The molecule has 3 aromatic carbocycles. The molecule has 0 unspecified atom stereocenters. The monoisotopic (exact) mass is 461 g/mol. The van der Waals surface area contributed by atoms with Crippen molar-refractivity contribution in [3.8, 4) is 11.5 Å². The molecule has 1 atom stereocenters. The first-order chi connectivity index (χ1) is 15.9. The van der Waals surface area contributed by atoms with E-state index in [4.69, 9.17) is 21.1 Å². The maximum Gasteiger partial charge on any atom is 0.264 e. The normalized spacial score (nSPS) is 18.7. The van der Waals surface area contributed by atoms with Gasteiger partial charge in [-0.1, -0.05) is 54.1 Å². The highest BCUT2D eigenvalue weighted by Crippen LogP contribution is 2.43. The number of allylic oxidation sites excluding steroid dienone is 1. The predicted octanol–water partition coefficient (Wildman–Crippen LogP) is 4.48. The van der Waals surface area contributed by atoms with E-state index in [1.54, 1.807) is 60.7 Å². The zero-order valence-corrected chi connectivity index (χ0v) is 18.3. The summed E-state index contributed by atoms with van der Waals surface area (Å²) in [6, 6.07) is 19.5. The van der Waals surface area contributed by atoms with Gasteiger partial charge in [-0.2, -0.15) is 0 Å². The Balaban J connectivity index is 1.37. The number of halogens is 1. The van der Waals surface area contributed by atoms with Crippen molar-refractivity contribution < 1.29 is 24.2 Å². The molecule has 5 rings (SSSR count). The Labute approximate surface area is 195 Å². The van der Waals surface area contributed by atoms with Crippen LogP contribution in [0.3, 0.4) is 0 Å². The molecule has 1 amide bonds. The minimum absolute atomic E-state index is 0.169. The summed E-state index contributed by atoms with van der Waals surface area (Å²) in [5.41, 5.74) is 0.698. The molecule has 0 saturated carbocycles. The molecule has 7 heteroatoms. The Hall–Kier alpha value is -3.61. The van der Waals surface area contributed by atoms with Crippen LogP contribution in [-0.2, 0) is 21.7 Å². The molecule has 0 aliphatic carbocycles. The van der Waals surface area contributed by atoms with Crippen LogP contribution in [0.15, 0.2) is 72.8 Å². The number of fused-ring (bicyclic) bond motifs is 2. The quantitative estimate of drug-likeness (QED) is 0.548. The highest BCUT2D eigenvalue weighted by molar-refractivity contribution is 6.30. The molecule has 2 aliphatic rings. The van der Waals surface area contributed by atoms with Gasteiger partial charge >= 0.3 is 0 Å². The number of ketones is 1. The number of nitrogens with zero attached hydrogens (tertiary/aromatic N) is 1. The van der Waals surface area contributed by atoms with Crippen molar-refractivity contribution in [2.45, 2.75) is 18.6 Å². The Morgan fingerprint density at radius 1 is 1.06 bits per heavy atom. The van der Waals surface area contributed by atoms with Crippen LogP contribution in [0, 0.1) is 0 Å². The number of rotatable bonds is 6. The largest absolute Gasteiger partial charge is 0.454 e. The minimum Gasteiger partial charge on any atom is -0.454 e. The van der Waals surface area contributed by atoms with Crippen LogP contribution in [0.5, 0.6) is 11.5 Å².